The van der Waals surface area contributed by atoms with Crippen LogP contribution >= 0.6 is 0 Å². The SMILES string of the molecule is CCC(C#N)N1CCC(C=O)(c2ccccc2)CC1. The maximum atomic E-state index is 11.6. The molecule has 1 fully saturated rings. The minimum atomic E-state index is -0.356. The van der Waals surface area contributed by atoms with Crippen molar-refractivity contribution in [2.24, 2.45) is 0 Å². The highest BCUT2D eigenvalue weighted by molar-refractivity contribution is 5.69. The Labute approximate surface area is 114 Å². The van der Waals surface area contributed by atoms with Gasteiger partial charge in [-0.3, -0.25) is 4.90 Å². The van der Waals surface area contributed by atoms with Crippen molar-refractivity contribution in [1.82, 2.24) is 4.90 Å². The molecule has 1 aliphatic rings. The third-order valence-electron chi connectivity index (χ3n) is 4.24. The topological polar surface area (TPSA) is 44.1 Å². The third-order valence-corrected chi connectivity index (χ3v) is 4.24. The highest BCUT2D eigenvalue weighted by Gasteiger charge is 2.37. The highest BCUT2D eigenvalue weighted by atomic mass is 16.1. The van der Waals surface area contributed by atoms with Crippen LogP contribution in [0.15, 0.2) is 30.3 Å². The second kappa shape index (κ2) is 5.99. The molecule has 3 nitrogen and oxygen atoms in total. The summed E-state index contributed by atoms with van der Waals surface area (Å²) in [5.74, 6) is 0. The molecule has 0 radical (unpaired) electrons. The molecule has 1 aliphatic heterocycles. The maximum absolute atomic E-state index is 11.6. The lowest BCUT2D eigenvalue weighted by Gasteiger charge is -2.40. The standard InChI is InChI=1S/C16H20N2O/c1-2-15(12-17)18-10-8-16(13-19,9-11-18)14-6-4-3-5-7-14/h3-7,13,15H,2,8-11H2,1H3. The fraction of sp³-hybridized carbons (Fsp3) is 0.500. The van der Waals surface area contributed by atoms with Crippen molar-refractivity contribution in [2.75, 3.05) is 13.1 Å². The van der Waals surface area contributed by atoms with Gasteiger partial charge in [-0.25, -0.2) is 0 Å². The molecule has 0 bridgehead atoms. The van der Waals surface area contributed by atoms with Crippen molar-refractivity contribution >= 4 is 6.29 Å². The van der Waals surface area contributed by atoms with Crippen LogP contribution in [0.25, 0.3) is 0 Å². The smallest absolute Gasteiger partial charge is 0.130 e. The lowest BCUT2D eigenvalue weighted by atomic mass is 9.74. The molecule has 0 aromatic heterocycles. The Morgan fingerprint density at radius 2 is 2.00 bits per heavy atom. The molecule has 19 heavy (non-hydrogen) atoms. The van der Waals surface area contributed by atoms with E-state index in [0.29, 0.717) is 0 Å². The van der Waals surface area contributed by atoms with Crippen LogP contribution in [-0.4, -0.2) is 30.3 Å². The Hall–Kier alpha value is -1.66. The van der Waals surface area contributed by atoms with E-state index in [-0.39, 0.29) is 11.5 Å². The van der Waals surface area contributed by atoms with Gasteiger partial charge in [0, 0.05) is 13.1 Å². The number of rotatable bonds is 4. The molecule has 1 atom stereocenters. The molecular weight excluding hydrogens is 236 g/mol. The van der Waals surface area contributed by atoms with E-state index in [1.165, 1.54) is 0 Å². The number of carbonyl (C=O) groups is 1. The zero-order valence-corrected chi connectivity index (χ0v) is 11.4. The zero-order chi connectivity index (χ0) is 13.7. The third kappa shape index (κ3) is 2.69. The van der Waals surface area contributed by atoms with E-state index >= 15 is 0 Å². The summed E-state index contributed by atoms with van der Waals surface area (Å²) in [6.07, 6.45) is 3.56. The minimum absolute atomic E-state index is 0.0135. The predicted molar refractivity (Wildman–Crippen MR) is 74.7 cm³/mol. The fourth-order valence-electron chi connectivity index (χ4n) is 2.91. The number of nitriles is 1. The van der Waals surface area contributed by atoms with Gasteiger partial charge in [-0.2, -0.15) is 5.26 Å². The Kier molecular flexibility index (Phi) is 4.34. The molecule has 2 rings (SSSR count). The molecule has 1 heterocycles. The molecule has 1 aromatic carbocycles. The van der Waals surface area contributed by atoms with Crippen LogP contribution in [0.3, 0.4) is 0 Å². The van der Waals surface area contributed by atoms with Crippen LogP contribution in [-0.2, 0) is 10.2 Å². The first-order valence-electron chi connectivity index (χ1n) is 6.91. The first kappa shape index (κ1) is 13.8. The molecule has 1 saturated heterocycles. The molecule has 0 saturated carbocycles. The summed E-state index contributed by atoms with van der Waals surface area (Å²) in [4.78, 5) is 13.8. The molecule has 0 N–H and O–H groups in total. The second-order valence-electron chi connectivity index (χ2n) is 5.23. The summed E-state index contributed by atoms with van der Waals surface area (Å²) in [5.41, 5.74) is 0.751. The Balaban J connectivity index is 2.13. The van der Waals surface area contributed by atoms with Crippen LogP contribution < -0.4 is 0 Å². The molecule has 0 spiro atoms. The average molecular weight is 256 g/mol. The van der Waals surface area contributed by atoms with E-state index in [2.05, 4.69) is 11.0 Å². The number of hydrogen-bond acceptors (Lipinski definition) is 3. The number of piperidine rings is 1. The Bertz CT molecular complexity index is 455. The van der Waals surface area contributed by atoms with Crippen molar-refractivity contribution in [3.63, 3.8) is 0 Å². The van der Waals surface area contributed by atoms with Crippen LogP contribution in [0, 0.1) is 11.3 Å². The van der Waals surface area contributed by atoms with E-state index in [0.717, 1.165) is 44.2 Å². The van der Waals surface area contributed by atoms with E-state index in [1.807, 2.05) is 37.3 Å². The van der Waals surface area contributed by atoms with Gasteiger partial charge in [0.2, 0.25) is 0 Å². The summed E-state index contributed by atoms with van der Waals surface area (Å²) in [7, 11) is 0. The van der Waals surface area contributed by atoms with Crippen molar-refractivity contribution in [1.29, 1.82) is 5.26 Å². The number of aldehydes is 1. The highest BCUT2D eigenvalue weighted by Crippen LogP contribution is 2.34. The molecule has 1 aromatic rings. The van der Waals surface area contributed by atoms with E-state index < -0.39 is 0 Å². The number of likely N-dealkylation sites (tertiary alicyclic amines) is 1. The molecule has 3 heteroatoms. The summed E-state index contributed by atoms with van der Waals surface area (Å²) in [6, 6.07) is 12.3. The van der Waals surface area contributed by atoms with Gasteiger partial charge in [-0.1, -0.05) is 37.3 Å². The van der Waals surface area contributed by atoms with Gasteiger partial charge in [0.25, 0.3) is 0 Å². The number of carbonyl (C=O) groups excluding carboxylic acids is 1. The van der Waals surface area contributed by atoms with Crippen LogP contribution in [0.5, 0.6) is 0 Å². The zero-order valence-electron chi connectivity index (χ0n) is 11.4. The van der Waals surface area contributed by atoms with Gasteiger partial charge in [0.05, 0.1) is 17.5 Å². The van der Waals surface area contributed by atoms with Gasteiger partial charge >= 0.3 is 0 Å². The van der Waals surface area contributed by atoms with Gasteiger partial charge < -0.3 is 4.79 Å². The lowest BCUT2D eigenvalue weighted by Crippen LogP contribution is -2.47. The Morgan fingerprint density at radius 3 is 2.47 bits per heavy atom. The first-order valence-corrected chi connectivity index (χ1v) is 6.91. The number of hydrogen-bond donors (Lipinski definition) is 0. The fourth-order valence-corrected chi connectivity index (χ4v) is 2.91. The van der Waals surface area contributed by atoms with E-state index in [4.69, 9.17) is 5.26 Å². The van der Waals surface area contributed by atoms with Crippen molar-refractivity contribution in [3.8, 4) is 6.07 Å². The molecule has 0 aliphatic carbocycles. The maximum Gasteiger partial charge on any atom is 0.130 e. The van der Waals surface area contributed by atoms with Crippen LogP contribution in [0.2, 0.25) is 0 Å². The largest absolute Gasteiger partial charge is 0.302 e. The Morgan fingerprint density at radius 1 is 1.37 bits per heavy atom. The van der Waals surface area contributed by atoms with Gasteiger partial charge in [0.15, 0.2) is 0 Å². The summed E-state index contributed by atoms with van der Waals surface area (Å²) < 4.78 is 0. The quantitative estimate of drug-likeness (QED) is 0.777. The van der Waals surface area contributed by atoms with Crippen molar-refractivity contribution in [2.45, 2.75) is 37.6 Å². The van der Waals surface area contributed by atoms with Crippen molar-refractivity contribution < 1.29 is 4.79 Å². The number of benzene rings is 1. The van der Waals surface area contributed by atoms with Gasteiger partial charge in [-0.05, 0) is 24.8 Å². The molecule has 100 valence electrons. The first-order chi connectivity index (χ1) is 9.25. The average Bonchev–Trinajstić information content (AvgIpc) is 2.50. The minimum Gasteiger partial charge on any atom is -0.302 e. The summed E-state index contributed by atoms with van der Waals surface area (Å²) in [5, 5.41) is 9.12. The molecular formula is C16H20N2O. The summed E-state index contributed by atoms with van der Waals surface area (Å²) in [6.45, 7) is 3.67. The normalized spacial score (nSPS) is 20.4. The lowest BCUT2D eigenvalue weighted by molar-refractivity contribution is -0.114. The van der Waals surface area contributed by atoms with Gasteiger partial charge in [-0.15, -0.1) is 0 Å². The van der Waals surface area contributed by atoms with Crippen LogP contribution in [0.4, 0.5) is 0 Å². The summed E-state index contributed by atoms with van der Waals surface area (Å²) >= 11 is 0. The van der Waals surface area contributed by atoms with Crippen molar-refractivity contribution in [3.05, 3.63) is 35.9 Å². The second-order valence-corrected chi connectivity index (χ2v) is 5.23. The predicted octanol–water partition coefficient (Wildman–Crippen LogP) is 2.52. The monoisotopic (exact) mass is 256 g/mol. The molecule has 0 amide bonds. The number of nitrogens with zero attached hydrogens (tertiary/aromatic N) is 2. The molecule has 1 unspecified atom stereocenters. The van der Waals surface area contributed by atoms with Crippen LogP contribution in [0.1, 0.15) is 31.7 Å². The van der Waals surface area contributed by atoms with Gasteiger partial charge in [0.1, 0.15) is 6.29 Å². The van der Waals surface area contributed by atoms with E-state index in [9.17, 15) is 4.79 Å². The van der Waals surface area contributed by atoms with E-state index in [1.54, 1.807) is 0 Å².